The second-order valence-corrected chi connectivity index (χ2v) is 5.97. The van der Waals surface area contributed by atoms with E-state index in [1.807, 2.05) is 0 Å². The molecule has 9 heteroatoms. The van der Waals surface area contributed by atoms with Gasteiger partial charge >= 0.3 is 0 Å². The van der Waals surface area contributed by atoms with Gasteiger partial charge in [-0.25, -0.2) is 0 Å². The van der Waals surface area contributed by atoms with E-state index in [9.17, 15) is 24.0 Å². The predicted octanol–water partition coefficient (Wildman–Crippen LogP) is -0.625. The topological polar surface area (TPSA) is 139 Å². The Morgan fingerprint density at radius 3 is 2.60 bits per heavy atom. The summed E-state index contributed by atoms with van der Waals surface area (Å²) in [7, 11) is 0. The number of nitrogens with zero attached hydrogens (tertiary/aromatic N) is 1. The standard InChI is InChI=1S/C16H16N4O5/c1-8(21)18-10-4-2-3-9-12(10)14(24)20(13(9)23)16(7-17)6-5-11(22)19-15(16)25/h2-4H,5-7,17H2,1H3,(H,18,21)(H,19,22,25). The summed E-state index contributed by atoms with van der Waals surface area (Å²) in [6, 6.07) is 4.46. The van der Waals surface area contributed by atoms with Crippen molar-refractivity contribution in [3.05, 3.63) is 29.3 Å². The maximum absolute atomic E-state index is 12.9. The number of piperidine rings is 1. The number of nitrogens with two attached hydrogens (primary N) is 1. The van der Waals surface area contributed by atoms with E-state index in [1.54, 1.807) is 0 Å². The zero-order valence-corrected chi connectivity index (χ0v) is 13.4. The Morgan fingerprint density at radius 1 is 1.28 bits per heavy atom. The molecule has 2 aliphatic rings. The highest BCUT2D eigenvalue weighted by atomic mass is 16.2. The van der Waals surface area contributed by atoms with Crippen molar-refractivity contribution in [2.24, 2.45) is 5.73 Å². The van der Waals surface area contributed by atoms with Crippen LogP contribution in [0, 0.1) is 0 Å². The number of fused-ring (bicyclic) bond motifs is 1. The number of imide groups is 2. The van der Waals surface area contributed by atoms with E-state index in [0.29, 0.717) is 0 Å². The summed E-state index contributed by atoms with van der Waals surface area (Å²) in [5, 5.41) is 4.64. The molecule has 1 atom stereocenters. The van der Waals surface area contributed by atoms with Crippen LogP contribution in [0.1, 0.15) is 40.5 Å². The lowest BCUT2D eigenvalue weighted by Gasteiger charge is -2.40. The van der Waals surface area contributed by atoms with Crippen LogP contribution < -0.4 is 16.4 Å². The Balaban J connectivity index is 2.09. The first-order valence-corrected chi connectivity index (χ1v) is 7.65. The van der Waals surface area contributed by atoms with E-state index in [1.165, 1.54) is 25.1 Å². The average Bonchev–Trinajstić information content (AvgIpc) is 2.81. The van der Waals surface area contributed by atoms with Crippen LogP contribution in [0.4, 0.5) is 5.69 Å². The molecule has 0 aromatic heterocycles. The minimum Gasteiger partial charge on any atom is -0.328 e. The quantitative estimate of drug-likeness (QED) is 0.624. The first-order chi connectivity index (χ1) is 11.8. The number of carbonyl (C=O) groups excluding carboxylic acids is 5. The third-order valence-corrected chi connectivity index (χ3v) is 4.43. The van der Waals surface area contributed by atoms with Crippen molar-refractivity contribution in [3.8, 4) is 0 Å². The zero-order valence-electron chi connectivity index (χ0n) is 13.4. The molecule has 9 nitrogen and oxygen atoms in total. The molecule has 4 N–H and O–H groups in total. The summed E-state index contributed by atoms with van der Waals surface area (Å²) in [5.41, 5.74) is 4.39. The average molecular weight is 344 g/mol. The number of nitrogens with one attached hydrogen (secondary N) is 2. The van der Waals surface area contributed by atoms with E-state index < -0.39 is 35.1 Å². The minimum atomic E-state index is -1.63. The highest BCUT2D eigenvalue weighted by Crippen LogP contribution is 2.36. The number of hydrogen-bond donors (Lipinski definition) is 3. The van der Waals surface area contributed by atoms with Gasteiger partial charge in [-0.15, -0.1) is 0 Å². The molecule has 5 amide bonds. The molecule has 1 saturated heterocycles. The van der Waals surface area contributed by atoms with Crippen molar-refractivity contribution < 1.29 is 24.0 Å². The van der Waals surface area contributed by atoms with E-state index in [-0.39, 0.29) is 36.2 Å². The SMILES string of the molecule is CC(=O)Nc1cccc2c1C(=O)N(C1(CN)CCC(=O)NC1=O)C2=O. The van der Waals surface area contributed by atoms with Crippen LogP contribution >= 0.6 is 0 Å². The van der Waals surface area contributed by atoms with Gasteiger partial charge in [-0.2, -0.15) is 0 Å². The molecule has 1 aromatic rings. The molecule has 0 saturated carbocycles. The van der Waals surface area contributed by atoms with Crippen LogP contribution in [0.5, 0.6) is 0 Å². The Hall–Kier alpha value is -3.07. The van der Waals surface area contributed by atoms with Gasteiger partial charge in [-0.1, -0.05) is 6.07 Å². The largest absolute Gasteiger partial charge is 0.328 e. The zero-order chi connectivity index (χ0) is 18.4. The van der Waals surface area contributed by atoms with Gasteiger partial charge in [0.15, 0.2) is 0 Å². The molecule has 1 unspecified atom stereocenters. The number of benzene rings is 1. The molecule has 0 spiro atoms. The maximum atomic E-state index is 12.9. The van der Waals surface area contributed by atoms with E-state index in [2.05, 4.69) is 10.6 Å². The van der Waals surface area contributed by atoms with Gasteiger partial charge in [-0.05, 0) is 18.6 Å². The van der Waals surface area contributed by atoms with Crippen LogP contribution in [-0.2, 0) is 14.4 Å². The van der Waals surface area contributed by atoms with Gasteiger partial charge in [-0.3, -0.25) is 34.2 Å². The Bertz CT molecular complexity index is 834. The van der Waals surface area contributed by atoms with Crippen molar-refractivity contribution in [2.45, 2.75) is 25.3 Å². The second kappa shape index (κ2) is 5.78. The fourth-order valence-electron chi connectivity index (χ4n) is 3.21. The minimum absolute atomic E-state index is 0.0141. The molecule has 2 aliphatic heterocycles. The highest BCUT2D eigenvalue weighted by molar-refractivity contribution is 6.26. The van der Waals surface area contributed by atoms with Gasteiger partial charge in [0.25, 0.3) is 17.7 Å². The van der Waals surface area contributed by atoms with Crippen molar-refractivity contribution in [1.29, 1.82) is 0 Å². The van der Waals surface area contributed by atoms with E-state index in [4.69, 9.17) is 5.73 Å². The smallest absolute Gasteiger partial charge is 0.264 e. The van der Waals surface area contributed by atoms with Gasteiger partial charge in [0, 0.05) is 19.9 Å². The molecular weight excluding hydrogens is 328 g/mol. The van der Waals surface area contributed by atoms with Crippen LogP contribution in [0.3, 0.4) is 0 Å². The third kappa shape index (κ3) is 2.40. The lowest BCUT2D eigenvalue weighted by molar-refractivity contribution is -0.141. The Labute approximate surface area is 142 Å². The predicted molar refractivity (Wildman–Crippen MR) is 85.4 cm³/mol. The lowest BCUT2D eigenvalue weighted by Crippen LogP contribution is -2.67. The molecule has 3 rings (SSSR count). The van der Waals surface area contributed by atoms with Crippen molar-refractivity contribution in [1.82, 2.24) is 10.2 Å². The number of anilines is 1. The summed E-state index contributed by atoms with van der Waals surface area (Å²) in [5.74, 6) is -3.06. The first-order valence-electron chi connectivity index (χ1n) is 7.65. The van der Waals surface area contributed by atoms with E-state index in [0.717, 1.165) is 4.90 Å². The fourth-order valence-corrected chi connectivity index (χ4v) is 3.21. The molecule has 1 fully saturated rings. The maximum Gasteiger partial charge on any atom is 0.264 e. The molecule has 2 heterocycles. The molecule has 25 heavy (non-hydrogen) atoms. The van der Waals surface area contributed by atoms with Gasteiger partial charge in [0.05, 0.1) is 16.8 Å². The second-order valence-electron chi connectivity index (χ2n) is 5.97. The molecule has 0 bridgehead atoms. The summed E-state index contributed by atoms with van der Waals surface area (Å²) >= 11 is 0. The fraction of sp³-hybridized carbons (Fsp3) is 0.312. The van der Waals surface area contributed by atoms with Gasteiger partial charge in [0.1, 0.15) is 5.54 Å². The lowest BCUT2D eigenvalue weighted by atomic mass is 9.87. The molecule has 0 radical (unpaired) electrons. The number of carbonyl (C=O) groups is 5. The molecular formula is C16H16N4O5. The van der Waals surface area contributed by atoms with Crippen molar-refractivity contribution in [3.63, 3.8) is 0 Å². The number of amides is 5. The van der Waals surface area contributed by atoms with Gasteiger partial charge in [0.2, 0.25) is 11.8 Å². The molecule has 0 aliphatic carbocycles. The molecule has 1 aromatic carbocycles. The Kier molecular flexibility index (Phi) is 3.88. The monoisotopic (exact) mass is 344 g/mol. The summed E-state index contributed by atoms with van der Waals surface area (Å²) in [6.45, 7) is 0.965. The van der Waals surface area contributed by atoms with Crippen LogP contribution in [0.2, 0.25) is 0 Å². The summed E-state index contributed by atoms with van der Waals surface area (Å²) in [6.07, 6.45) is -0.0794. The van der Waals surface area contributed by atoms with Crippen LogP contribution in [0.15, 0.2) is 18.2 Å². The number of rotatable bonds is 3. The first kappa shape index (κ1) is 16.8. The van der Waals surface area contributed by atoms with Crippen LogP contribution in [0.25, 0.3) is 0 Å². The number of hydrogen-bond acceptors (Lipinski definition) is 6. The summed E-state index contributed by atoms with van der Waals surface area (Å²) < 4.78 is 0. The highest BCUT2D eigenvalue weighted by Gasteiger charge is 2.55. The van der Waals surface area contributed by atoms with E-state index >= 15 is 0 Å². The molecule has 130 valence electrons. The van der Waals surface area contributed by atoms with Crippen LogP contribution in [-0.4, -0.2) is 46.5 Å². The summed E-state index contributed by atoms with van der Waals surface area (Å²) in [4.78, 5) is 61.8. The van der Waals surface area contributed by atoms with Crippen molar-refractivity contribution in [2.75, 3.05) is 11.9 Å². The van der Waals surface area contributed by atoms with Gasteiger partial charge < -0.3 is 11.1 Å². The van der Waals surface area contributed by atoms with Crippen molar-refractivity contribution >= 4 is 35.2 Å². The Morgan fingerprint density at radius 2 is 2.00 bits per heavy atom. The normalized spacial score (nSPS) is 22.7. The third-order valence-electron chi connectivity index (χ3n) is 4.43.